The summed E-state index contributed by atoms with van der Waals surface area (Å²) in [6, 6.07) is 1.77. The Morgan fingerprint density at radius 3 is 3.23 bits per heavy atom. The average Bonchev–Trinajstić information content (AvgIpc) is 2.71. The summed E-state index contributed by atoms with van der Waals surface area (Å²) in [4.78, 5) is 8.55. The van der Waals surface area contributed by atoms with Gasteiger partial charge >= 0.3 is 0 Å². The van der Waals surface area contributed by atoms with Gasteiger partial charge in [0.05, 0.1) is 5.25 Å². The highest BCUT2D eigenvalue weighted by Crippen LogP contribution is 2.38. The highest BCUT2D eigenvalue weighted by atomic mass is 32.2. The van der Waals surface area contributed by atoms with Gasteiger partial charge in [0, 0.05) is 12.3 Å². The minimum absolute atomic E-state index is 0.466. The van der Waals surface area contributed by atoms with E-state index in [1.165, 1.54) is 18.6 Å². The lowest BCUT2D eigenvalue weighted by atomic mass is 10.2. The molecule has 1 fully saturated rings. The first-order valence-electron chi connectivity index (χ1n) is 4.31. The Morgan fingerprint density at radius 1 is 1.62 bits per heavy atom. The van der Waals surface area contributed by atoms with Crippen LogP contribution in [0.1, 0.15) is 23.9 Å². The predicted octanol–water partition coefficient (Wildman–Crippen LogP) is 1.33. The normalized spacial score (nSPS) is 21.8. The van der Waals surface area contributed by atoms with Gasteiger partial charge in [-0.05, 0) is 18.6 Å². The van der Waals surface area contributed by atoms with Crippen LogP contribution in [-0.4, -0.2) is 15.7 Å². The minimum atomic E-state index is 0.466. The molecular formula is C8H12N4S. The standard InChI is InChI=1S/C8H12N4S/c9-12-7-3-4-10-8(11-7)6-2-1-5-13-6/h3-4,6H,1-2,5,9H2,(H,10,11,12). The van der Waals surface area contributed by atoms with E-state index in [9.17, 15) is 0 Å². The van der Waals surface area contributed by atoms with E-state index in [-0.39, 0.29) is 0 Å². The Kier molecular flexibility index (Phi) is 2.65. The highest BCUT2D eigenvalue weighted by Gasteiger charge is 2.20. The molecule has 3 N–H and O–H groups in total. The fraction of sp³-hybridized carbons (Fsp3) is 0.500. The van der Waals surface area contributed by atoms with Crippen LogP contribution in [0, 0.1) is 0 Å². The molecule has 13 heavy (non-hydrogen) atoms. The van der Waals surface area contributed by atoms with Gasteiger partial charge < -0.3 is 5.43 Å². The summed E-state index contributed by atoms with van der Waals surface area (Å²) in [5.41, 5.74) is 2.53. The number of thioether (sulfide) groups is 1. The van der Waals surface area contributed by atoms with Crippen LogP contribution in [0.3, 0.4) is 0 Å². The van der Waals surface area contributed by atoms with Crippen molar-refractivity contribution in [1.82, 2.24) is 9.97 Å². The Balaban J connectivity index is 2.18. The number of rotatable bonds is 2. The van der Waals surface area contributed by atoms with E-state index in [0.29, 0.717) is 11.1 Å². The summed E-state index contributed by atoms with van der Waals surface area (Å²) in [7, 11) is 0. The van der Waals surface area contributed by atoms with E-state index in [1.807, 2.05) is 11.8 Å². The second-order valence-corrected chi connectivity index (χ2v) is 4.26. The lowest BCUT2D eigenvalue weighted by molar-refractivity contribution is 0.777. The first-order chi connectivity index (χ1) is 6.40. The molecule has 0 saturated carbocycles. The quantitative estimate of drug-likeness (QED) is 0.552. The molecule has 0 radical (unpaired) electrons. The lowest BCUT2D eigenvalue weighted by Gasteiger charge is -2.07. The summed E-state index contributed by atoms with van der Waals surface area (Å²) < 4.78 is 0. The molecule has 2 rings (SSSR count). The zero-order chi connectivity index (χ0) is 9.10. The molecule has 1 saturated heterocycles. The van der Waals surface area contributed by atoms with Gasteiger partial charge in [0.2, 0.25) is 0 Å². The maximum absolute atomic E-state index is 5.27. The molecule has 0 bridgehead atoms. The molecule has 0 aromatic carbocycles. The molecule has 4 nitrogen and oxygen atoms in total. The van der Waals surface area contributed by atoms with Gasteiger partial charge in [-0.1, -0.05) is 0 Å². The molecule has 1 aliphatic heterocycles. The van der Waals surface area contributed by atoms with Crippen molar-refractivity contribution in [3.8, 4) is 0 Å². The number of nitrogen functional groups attached to an aromatic ring is 1. The van der Waals surface area contributed by atoms with Crippen LogP contribution in [0.5, 0.6) is 0 Å². The molecule has 70 valence electrons. The maximum Gasteiger partial charge on any atom is 0.143 e. The van der Waals surface area contributed by atoms with Crippen molar-refractivity contribution in [2.24, 2.45) is 5.84 Å². The third kappa shape index (κ3) is 1.92. The van der Waals surface area contributed by atoms with Crippen LogP contribution < -0.4 is 11.3 Å². The van der Waals surface area contributed by atoms with Gasteiger partial charge in [0.1, 0.15) is 11.6 Å². The first-order valence-corrected chi connectivity index (χ1v) is 5.36. The number of hydrazine groups is 1. The second-order valence-electron chi connectivity index (χ2n) is 2.95. The molecular weight excluding hydrogens is 184 g/mol. The zero-order valence-electron chi connectivity index (χ0n) is 7.23. The molecule has 1 aliphatic rings. The van der Waals surface area contributed by atoms with Crippen LogP contribution in [0.15, 0.2) is 12.3 Å². The Hall–Kier alpha value is -0.810. The number of hydrogen-bond acceptors (Lipinski definition) is 5. The van der Waals surface area contributed by atoms with Crippen molar-refractivity contribution in [2.75, 3.05) is 11.2 Å². The van der Waals surface area contributed by atoms with E-state index in [0.717, 1.165) is 5.82 Å². The number of anilines is 1. The van der Waals surface area contributed by atoms with Gasteiger partial charge in [-0.15, -0.1) is 0 Å². The number of aromatic nitrogens is 2. The van der Waals surface area contributed by atoms with Gasteiger partial charge in [0.15, 0.2) is 0 Å². The van der Waals surface area contributed by atoms with Gasteiger partial charge in [0.25, 0.3) is 0 Å². The van der Waals surface area contributed by atoms with Crippen molar-refractivity contribution in [1.29, 1.82) is 0 Å². The number of nitrogens with zero attached hydrogens (tertiary/aromatic N) is 2. The molecule has 0 aliphatic carbocycles. The van der Waals surface area contributed by atoms with Crippen molar-refractivity contribution in [3.63, 3.8) is 0 Å². The zero-order valence-corrected chi connectivity index (χ0v) is 8.05. The number of hydrogen-bond donors (Lipinski definition) is 2. The van der Waals surface area contributed by atoms with Crippen LogP contribution >= 0.6 is 11.8 Å². The van der Waals surface area contributed by atoms with E-state index in [1.54, 1.807) is 12.3 Å². The summed E-state index contributed by atoms with van der Waals surface area (Å²) >= 11 is 1.92. The number of nitrogens with two attached hydrogens (primary N) is 1. The van der Waals surface area contributed by atoms with E-state index >= 15 is 0 Å². The SMILES string of the molecule is NNc1ccnc(C2CCCS2)n1. The van der Waals surface area contributed by atoms with Gasteiger partial charge in [-0.3, -0.25) is 0 Å². The van der Waals surface area contributed by atoms with E-state index < -0.39 is 0 Å². The monoisotopic (exact) mass is 196 g/mol. The fourth-order valence-corrected chi connectivity index (χ4v) is 2.60. The van der Waals surface area contributed by atoms with Crippen LogP contribution in [0.4, 0.5) is 5.82 Å². The third-order valence-corrected chi connectivity index (χ3v) is 3.41. The molecule has 0 amide bonds. The molecule has 2 heterocycles. The van der Waals surface area contributed by atoms with Crippen molar-refractivity contribution < 1.29 is 0 Å². The van der Waals surface area contributed by atoms with E-state index in [4.69, 9.17) is 5.84 Å². The summed E-state index contributed by atoms with van der Waals surface area (Å²) in [6.45, 7) is 0. The molecule has 0 spiro atoms. The number of nitrogens with one attached hydrogen (secondary N) is 1. The molecule has 1 atom stereocenters. The van der Waals surface area contributed by atoms with Crippen LogP contribution in [-0.2, 0) is 0 Å². The Labute approximate surface area is 81.3 Å². The molecule has 1 unspecified atom stereocenters. The Morgan fingerprint density at radius 2 is 2.54 bits per heavy atom. The summed E-state index contributed by atoms with van der Waals surface area (Å²) in [6.07, 6.45) is 4.19. The fourth-order valence-electron chi connectivity index (χ4n) is 1.39. The maximum atomic E-state index is 5.27. The third-order valence-electron chi connectivity index (χ3n) is 2.04. The van der Waals surface area contributed by atoms with Crippen molar-refractivity contribution >= 4 is 17.6 Å². The highest BCUT2D eigenvalue weighted by molar-refractivity contribution is 7.99. The molecule has 1 aromatic heterocycles. The molecule has 1 aromatic rings. The van der Waals surface area contributed by atoms with Gasteiger partial charge in [-0.2, -0.15) is 11.8 Å². The average molecular weight is 196 g/mol. The summed E-state index contributed by atoms with van der Waals surface area (Å²) in [5.74, 6) is 8.08. The minimum Gasteiger partial charge on any atom is -0.308 e. The van der Waals surface area contributed by atoms with Gasteiger partial charge in [-0.25, -0.2) is 15.8 Å². The van der Waals surface area contributed by atoms with E-state index in [2.05, 4.69) is 15.4 Å². The summed E-state index contributed by atoms with van der Waals surface area (Å²) in [5, 5.41) is 0.466. The second kappa shape index (κ2) is 3.93. The molecule has 5 heteroatoms. The topological polar surface area (TPSA) is 63.8 Å². The van der Waals surface area contributed by atoms with Crippen LogP contribution in [0.25, 0.3) is 0 Å². The largest absolute Gasteiger partial charge is 0.308 e. The predicted molar refractivity (Wildman–Crippen MR) is 54.3 cm³/mol. The first kappa shape index (κ1) is 8.77. The van der Waals surface area contributed by atoms with Crippen LogP contribution in [0.2, 0.25) is 0 Å². The van der Waals surface area contributed by atoms with Crippen molar-refractivity contribution in [3.05, 3.63) is 18.1 Å². The Bertz CT molecular complexity index is 285. The lowest BCUT2D eigenvalue weighted by Crippen LogP contribution is -2.10. The smallest absolute Gasteiger partial charge is 0.143 e. The van der Waals surface area contributed by atoms with Crippen molar-refractivity contribution in [2.45, 2.75) is 18.1 Å².